The SMILES string of the molecule is CCn1cc(CNCC2CC(Cl)C2)cn1. The van der Waals surface area contributed by atoms with E-state index in [4.69, 9.17) is 11.6 Å². The minimum Gasteiger partial charge on any atom is -0.312 e. The molecule has 1 saturated carbocycles. The minimum absolute atomic E-state index is 0.430. The van der Waals surface area contributed by atoms with E-state index in [0.717, 1.165) is 25.6 Å². The maximum Gasteiger partial charge on any atom is 0.0534 e. The van der Waals surface area contributed by atoms with Gasteiger partial charge in [-0.05, 0) is 32.2 Å². The van der Waals surface area contributed by atoms with Crippen molar-refractivity contribution in [3.05, 3.63) is 18.0 Å². The minimum atomic E-state index is 0.430. The molecule has 1 heterocycles. The van der Waals surface area contributed by atoms with E-state index in [1.165, 1.54) is 18.4 Å². The predicted molar refractivity (Wildman–Crippen MR) is 62.0 cm³/mol. The molecule has 15 heavy (non-hydrogen) atoms. The zero-order valence-corrected chi connectivity index (χ0v) is 9.87. The van der Waals surface area contributed by atoms with Crippen LogP contribution in [-0.2, 0) is 13.1 Å². The summed E-state index contributed by atoms with van der Waals surface area (Å²) >= 11 is 5.92. The number of hydrogen-bond donors (Lipinski definition) is 1. The fourth-order valence-electron chi connectivity index (χ4n) is 1.91. The molecule has 0 amide bonds. The van der Waals surface area contributed by atoms with Gasteiger partial charge in [-0.15, -0.1) is 11.6 Å². The van der Waals surface area contributed by atoms with Crippen molar-refractivity contribution in [2.45, 2.75) is 38.2 Å². The number of nitrogens with one attached hydrogen (secondary N) is 1. The number of aryl methyl sites for hydroxylation is 1. The molecule has 1 N–H and O–H groups in total. The van der Waals surface area contributed by atoms with Gasteiger partial charge >= 0.3 is 0 Å². The first-order chi connectivity index (χ1) is 7.28. The van der Waals surface area contributed by atoms with Crippen molar-refractivity contribution < 1.29 is 0 Å². The third-order valence-corrected chi connectivity index (χ3v) is 3.31. The molecule has 0 bridgehead atoms. The molecule has 1 fully saturated rings. The van der Waals surface area contributed by atoms with Gasteiger partial charge in [0.1, 0.15) is 0 Å². The van der Waals surface area contributed by atoms with Crippen molar-refractivity contribution in [2.24, 2.45) is 5.92 Å². The molecule has 2 rings (SSSR count). The van der Waals surface area contributed by atoms with Gasteiger partial charge in [-0.25, -0.2) is 0 Å². The molecule has 0 unspecified atom stereocenters. The average Bonchev–Trinajstić information content (AvgIpc) is 2.63. The molecule has 1 aliphatic rings. The summed E-state index contributed by atoms with van der Waals surface area (Å²) in [5.41, 5.74) is 1.26. The third kappa shape index (κ3) is 2.95. The predicted octanol–water partition coefficient (Wildman–Crippen LogP) is 2.01. The Balaban J connectivity index is 1.65. The smallest absolute Gasteiger partial charge is 0.0534 e. The zero-order valence-electron chi connectivity index (χ0n) is 9.12. The number of rotatable bonds is 5. The van der Waals surface area contributed by atoms with E-state index in [9.17, 15) is 0 Å². The van der Waals surface area contributed by atoms with Gasteiger partial charge in [0, 0.05) is 30.2 Å². The molecule has 0 radical (unpaired) electrons. The van der Waals surface area contributed by atoms with Gasteiger partial charge in [0.25, 0.3) is 0 Å². The van der Waals surface area contributed by atoms with Crippen LogP contribution in [0.5, 0.6) is 0 Å². The van der Waals surface area contributed by atoms with Gasteiger partial charge in [0.15, 0.2) is 0 Å². The van der Waals surface area contributed by atoms with Gasteiger partial charge in [-0.1, -0.05) is 0 Å². The highest BCUT2D eigenvalue weighted by molar-refractivity contribution is 6.21. The summed E-state index contributed by atoms with van der Waals surface area (Å²) in [5.74, 6) is 0.786. The molecule has 0 aromatic carbocycles. The van der Waals surface area contributed by atoms with Gasteiger partial charge in [-0.2, -0.15) is 5.10 Å². The number of alkyl halides is 1. The van der Waals surface area contributed by atoms with Crippen molar-refractivity contribution >= 4 is 11.6 Å². The molecule has 0 atom stereocenters. The number of hydrogen-bond acceptors (Lipinski definition) is 2. The van der Waals surface area contributed by atoms with Gasteiger partial charge in [0.2, 0.25) is 0 Å². The molecule has 3 nitrogen and oxygen atoms in total. The maximum absolute atomic E-state index is 5.92. The van der Waals surface area contributed by atoms with Gasteiger partial charge < -0.3 is 5.32 Å². The van der Waals surface area contributed by atoms with Gasteiger partial charge in [0.05, 0.1) is 6.20 Å². The van der Waals surface area contributed by atoms with Gasteiger partial charge in [-0.3, -0.25) is 4.68 Å². The Bertz CT molecular complexity index is 305. The number of aromatic nitrogens is 2. The largest absolute Gasteiger partial charge is 0.312 e. The Morgan fingerprint density at radius 2 is 2.40 bits per heavy atom. The molecule has 0 saturated heterocycles. The van der Waals surface area contributed by atoms with Crippen LogP contribution in [0.2, 0.25) is 0 Å². The Morgan fingerprint density at radius 3 is 3.00 bits per heavy atom. The number of halogens is 1. The third-order valence-electron chi connectivity index (χ3n) is 2.95. The monoisotopic (exact) mass is 227 g/mol. The van der Waals surface area contributed by atoms with Crippen LogP contribution in [0.3, 0.4) is 0 Å². The highest BCUT2D eigenvalue weighted by atomic mass is 35.5. The fraction of sp³-hybridized carbons (Fsp3) is 0.727. The normalized spacial score (nSPS) is 25.2. The van der Waals surface area contributed by atoms with Crippen molar-refractivity contribution in [1.82, 2.24) is 15.1 Å². The van der Waals surface area contributed by atoms with E-state index in [0.29, 0.717) is 5.38 Å². The van der Waals surface area contributed by atoms with Crippen LogP contribution in [0.1, 0.15) is 25.3 Å². The molecule has 84 valence electrons. The molecule has 1 aromatic heterocycles. The topological polar surface area (TPSA) is 29.9 Å². The summed E-state index contributed by atoms with van der Waals surface area (Å²) in [6, 6.07) is 0. The van der Waals surface area contributed by atoms with Crippen LogP contribution in [0.25, 0.3) is 0 Å². The highest BCUT2D eigenvalue weighted by Gasteiger charge is 2.26. The summed E-state index contributed by atoms with van der Waals surface area (Å²) in [5, 5.41) is 8.11. The van der Waals surface area contributed by atoms with Crippen molar-refractivity contribution in [2.75, 3.05) is 6.54 Å². The first-order valence-corrected chi connectivity index (χ1v) is 6.07. The standard InChI is InChI=1S/C11H18ClN3/c1-2-15-8-10(7-14-15)6-13-5-9-3-11(12)4-9/h7-9,11,13H,2-6H2,1H3. The van der Waals surface area contributed by atoms with E-state index in [2.05, 4.69) is 23.5 Å². The van der Waals surface area contributed by atoms with E-state index >= 15 is 0 Å². The van der Waals surface area contributed by atoms with E-state index < -0.39 is 0 Å². The van der Waals surface area contributed by atoms with E-state index in [1.54, 1.807) is 0 Å². The summed E-state index contributed by atoms with van der Waals surface area (Å²) in [4.78, 5) is 0. The molecular formula is C11H18ClN3. The lowest BCUT2D eigenvalue weighted by atomic mass is 9.85. The Hall–Kier alpha value is -0.540. The van der Waals surface area contributed by atoms with Crippen LogP contribution in [0, 0.1) is 5.92 Å². The Labute approximate surface area is 95.8 Å². The summed E-state index contributed by atoms with van der Waals surface area (Å²) in [6.45, 7) is 5.04. The molecule has 0 aliphatic heterocycles. The molecule has 4 heteroatoms. The lowest BCUT2D eigenvalue weighted by molar-refractivity contribution is 0.308. The molecule has 0 spiro atoms. The van der Waals surface area contributed by atoms with Crippen molar-refractivity contribution in [3.63, 3.8) is 0 Å². The fourth-order valence-corrected chi connectivity index (χ4v) is 2.42. The number of nitrogens with zero attached hydrogens (tertiary/aromatic N) is 2. The summed E-state index contributed by atoms with van der Waals surface area (Å²) in [7, 11) is 0. The lowest BCUT2D eigenvalue weighted by Gasteiger charge is -2.30. The average molecular weight is 228 g/mol. The molecule has 1 aliphatic carbocycles. The highest BCUT2D eigenvalue weighted by Crippen LogP contribution is 2.31. The van der Waals surface area contributed by atoms with E-state index in [1.807, 2.05) is 10.9 Å². The molecular weight excluding hydrogens is 210 g/mol. The maximum atomic E-state index is 5.92. The van der Waals surface area contributed by atoms with Crippen LogP contribution in [-0.4, -0.2) is 21.7 Å². The second kappa shape index (κ2) is 4.99. The van der Waals surface area contributed by atoms with Crippen LogP contribution in [0.4, 0.5) is 0 Å². The van der Waals surface area contributed by atoms with Crippen LogP contribution in [0.15, 0.2) is 12.4 Å². The second-order valence-electron chi connectivity index (χ2n) is 4.27. The van der Waals surface area contributed by atoms with E-state index in [-0.39, 0.29) is 0 Å². The Morgan fingerprint density at radius 1 is 1.60 bits per heavy atom. The summed E-state index contributed by atoms with van der Waals surface area (Å²) < 4.78 is 1.95. The first-order valence-electron chi connectivity index (χ1n) is 5.64. The lowest BCUT2D eigenvalue weighted by Crippen LogP contribution is -2.33. The molecule has 1 aromatic rings. The zero-order chi connectivity index (χ0) is 10.7. The van der Waals surface area contributed by atoms with Crippen molar-refractivity contribution in [1.29, 1.82) is 0 Å². The first kappa shape index (κ1) is 11.0. The second-order valence-corrected chi connectivity index (χ2v) is 4.89. The summed E-state index contributed by atoms with van der Waals surface area (Å²) in [6.07, 6.45) is 6.37. The Kier molecular flexibility index (Phi) is 3.65. The quantitative estimate of drug-likeness (QED) is 0.780. The van der Waals surface area contributed by atoms with Crippen molar-refractivity contribution in [3.8, 4) is 0 Å². The van der Waals surface area contributed by atoms with Crippen LogP contribution < -0.4 is 5.32 Å². The van der Waals surface area contributed by atoms with Crippen LogP contribution >= 0.6 is 11.6 Å².